The molecule has 1 N–H and O–H groups in total. The fraction of sp³-hybridized carbons (Fsp3) is 0.200. The molecule has 4 heteroatoms. The Morgan fingerprint density at radius 2 is 2.00 bits per heavy atom. The zero-order valence-electron chi connectivity index (χ0n) is 11.0. The van der Waals surface area contributed by atoms with Crippen molar-refractivity contribution in [1.29, 1.82) is 0 Å². The number of hydrogen-bond acceptors (Lipinski definition) is 3. The van der Waals surface area contributed by atoms with Gasteiger partial charge in [-0.2, -0.15) is 0 Å². The minimum atomic E-state index is -0.220. The van der Waals surface area contributed by atoms with E-state index in [-0.39, 0.29) is 5.91 Å². The number of benzene rings is 1. The molecule has 19 heavy (non-hydrogen) atoms. The van der Waals surface area contributed by atoms with Crippen molar-refractivity contribution < 1.29 is 9.53 Å². The van der Waals surface area contributed by atoms with E-state index in [1.54, 1.807) is 24.3 Å². The van der Waals surface area contributed by atoms with Crippen molar-refractivity contribution in [3.63, 3.8) is 0 Å². The Kier molecular flexibility index (Phi) is 4.13. The van der Waals surface area contributed by atoms with Crippen LogP contribution in [0.5, 0.6) is 5.75 Å². The first-order chi connectivity index (χ1) is 9.20. The van der Waals surface area contributed by atoms with Crippen molar-refractivity contribution in [2.75, 3.05) is 11.9 Å². The minimum absolute atomic E-state index is 0.220. The van der Waals surface area contributed by atoms with Crippen LogP contribution in [-0.4, -0.2) is 17.5 Å². The predicted molar refractivity (Wildman–Crippen MR) is 74.5 cm³/mol. The Labute approximate surface area is 112 Å². The SMILES string of the molecule is CCOc1ccccc1C(=O)Nc1cccc(C)n1. The zero-order valence-corrected chi connectivity index (χ0v) is 11.0. The summed E-state index contributed by atoms with van der Waals surface area (Å²) < 4.78 is 5.44. The number of rotatable bonds is 4. The highest BCUT2D eigenvalue weighted by Gasteiger charge is 2.12. The molecule has 0 unspecified atom stereocenters. The van der Waals surface area contributed by atoms with Crippen molar-refractivity contribution in [1.82, 2.24) is 4.98 Å². The largest absolute Gasteiger partial charge is 0.493 e. The van der Waals surface area contributed by atoms with E-state index in [1.807, 2.05) is 32.0 Å². The number of carbonyl (C=O) groups is 1. The molecule has 2 rings (SSSR count). The molecule has 0 fully saturated rings. The second-order valence-corrected chi connectivity index (χ2v) is 4.05. The van der Waals surface area contributed by atoms with E-state index in [0.717, 1.165) is 5.69 Å². The Balaban J connectivity index is 2.20. The number of amides is 1. The average molecular weight is 256 g/mol. The first kappa shape index (κ1) is 13.1. The van der Waals surface area contributed by atoms with Crippen LogP contribution in [0, 0.1) is 6.92 Å². The predicted octanol–water partition coefficient (Wildman–Crippen LogP) is 3.04. The van der Waals surface area contributed by atoms with Gasteiger partial charge in [0, 0.05) is 5.69 Å². The molecule has 0 atom stereocenters. The van der Waals surface area contributed by atoms with Crippen LogP contribution in [0.3, 0.4) is 0 Å². The Hall–Kier alpha value is -2.36. The smallest absolute Gasteiger partial charge is 0.260 e. The van der Waals surface area contributed by atoms with Crippen LogP contribution < -0.4 is 10.1 Å². The molecule has 1 amide bonds. The normalized spacial score (nSPS) is 10.0. The maximum atomic E-state index is 12.2. The molecule has 1 aromatic heterocycles. The van der Waals surface area contributed by atoms with Crippen LogP contribution in [0.2, 0.25) is 0 Å². The van der Waals surface area contributed by atoms with Crippen molar-refractivity contribution in [3.05, 3.63) is 53.7 Å². The number of pyridine rings is 1. The van der Waals surface area contributed by atoms with Crippen LogP contribution in [-0.2, 0) is 0 Å². The second kappa shape index (κ2) is 6.00. The van der Waals surface area contributed by atoms with E-state index in [4.69, 9.17) is 4.74 Å². The summed E-state index contributed by atoms with van der Waals surface area (Å²) in [7, 11) is 0. The maximum absolute atomic E-state index is 12.2. The van der Waals surface area contributed by atoms with Crippen LogP contribution in [0.4, 0.5) is 5.82 Å². The van der Waals surface area contributed by atoms with E-state index in [1.165, 1.54) is 0 Å². The summed E-state index contributed by atoms with van der Waals surface area (Å²) in [6.07, 6.45) is 0. The number of nitrogens with one attached hydrogen (secondary N) is 1. The van der Waals surface area contributed by atoms with E-state index in [2.05, 4.69) is 10.3 Å². The molecule has 0 saturated heterocycles. The number of aryl methyl sites for hydroxylation is 1. The van der Waals surface area contributed by atoms with E-state index >= 15 is 0 Å². The van der Waals surface area contributed by atoms with Crippen LogP contribution in [0.25, 0.3) is 0 Å². The van der Waals surface area contributed by atoms with Gasteiger partial charge in [0.1, 0.15) is 11.6 Å². The average Bonchev–Trinajstić information content (AvgIpc) is 2.39. The summed E-state index contributed by atoms with van der Waals surface area (Å²) in [5.74, 6) is 0.897. The van der Waals surface area contributed by atoms with Gasteiger partial charge in [0.25, 0.3) is 5.91 Å². The third kappa shape index (κ3) is 3.31. The number of nitrogens with zero attached hydrogens (tertiary/aromatic N) is 1. The molecule has 98 valence electrons. The van der Waals surface area contributed by atoms with Gasteiger partial charge < -0.3 is 10.1 Å². The van der Waals surface area contributed by atoms with Crippen LogP contribution in [0.1, 0.15) is 23.0 Å². The van der Waals surface area contributed by atoms with Gasteiger partial charge in [-0.05, 0) is 38.1 Å². The zero-order chi connectivity index (χ0) is 13.7. The summed E-state index contributed by atoms with van der Waals surface area (Å²) in [5.41, 5.74) is 1.36. The van der Waals surface area contributed by atoms with E-state index < -0.39 is 0 Å². The molecule has 0 saturated carbocycles. The quantitative estimate of drug-likeness (QED) is 0.914. The van der Waals surface area contributed by atoms with Gasteiger partial charge in [-0.3, -0.25) is 4.79 Å². The molecule has 2 aromatic rings. The number of ether oxygens (including phenoxy) is 1. The van der Waals surface area contributed by atoms with Crippen LogP contribution in [0.15, 0.2) is 42.5 Å². The summed E-state index contributed by atoms with van der Waals surface area (Å²) in [6, 6.07) is 12.6. The topological polar surface area (TPSA) is 51.2 Å². The standard InChI is InChI=1S/C15H16N2O2/c1-3-19-13-9-5-4-8-12(13)15(18)17-14-10-6-7-11(2)16-14/h4-10H,3H2,1-2H3,(H,16,17,18). The highest BCUT2D eigenvalue weighted by molar-refractivity contribution is 6.05. The summed E-state index contributed by atoms with van der Waals surface area (Å²) >= 11 is 0. The number of hydrogen-bond donors (Lipinski definition) is 1. The van der Waals surface area contributed by atoms with Gasteiger partial charge in [0.05, 0.1) is 12.2 Å². The van der Waals surface area contributed by atoms with Crippen LogP contribution >= 0.6 is 0 Å². The molecule has 0 aliphatic carbocycles. The fourth-order valence-corrected chi connectivity index (χ4v) is 1.73. The molecule has 1 aromatic carbocycles. The number of carbonyl (C=O) groups excluding carboxylic acids is 1. The lowest BCUT2D eigenvalue weighted by molar-refractivity contribution is 0.102. The Bertz CT molecular complexity index is 582. The molecular weight excluding hydrogens is 240 g/mol. The van der Waals surface area contributed by atoms with Crippen molar-refractivity contribution in [2.45, 2.75) is 13.8 Å². The maximum Gasteiger partial charge on any atom is 0.260 e. The first-order valence-corrected chi connectivity index (χ1v) is 6.17. The third-order valence-corrected chi connectivity index (χ3v) is 2.56. The van der Waals surface area contributed by atoms with E-state index in [0.29, 0.717) is 23.7 Å². The lowest BCUT2D eigenvalue weighted by Gasteiger charge is -2.10. The third-order valence-electron chi connectivity index (χ3n) is 2.56. The van der Waals surface area contributed by atoms with Crippen molar-refractivity contribution >= 4 is 11.7 Å². The summed E-state index contributed by atoms with van der Waals surface area (Å²) in [6.45, 7) is 4.29. The molecule has 1 heterocycles. The lowest BCUT2D eigenvalue weighted by Crippen LogP contribution is -2.14. The first-order valence-electron chi connectivity index (χ1n) is 6.17. The number of para-hydroxylation sites is 1. The van der Waals surface area contributed by atoms with Gasteiger partial charge >= 0.3 is 0 Å². The monoisotopic (exact) mass is 256 g/mol. The van der Waals surface area contributed by atoms with Crippen molar-refractivity contribution in [2.24, 2.45) is 0 Å². The number of aromatic nitrogens is 1. The van der Waals surface area contributed by atoms with Gasteiger partial charge in [0.15, 0.2) is 0 Å². The van der Waals surface area contributed by atoms with Gasteiger partial charge in [-0.15, -0.1) is 0 Å². The number of anilines is 1. The lowest BCUT2D eigenvalue weighted by atomic mass is 10.2. The van der Waals surface area contributed by atoms with E-state index in [9.17, 15) is 4.79 Å². The Morgan fingerprint density at radius 1 is 1.21 bits per heavy atom. The molecule has 0 aliphatic heterocycles. The minimum Gasteiger partial charge on any atom is -0.493 e. The molecule has 0 radical (unpaired) electrons. The Morgan fingerprint density at radius 3 is 2.74 bits per heavy atom. The molecule has 0 spiro atoms. The second-order valence-electron chi connectivity index (χ2n) is 4.05. The molecule has 0 bridgehead atoms. The fourth-order valence-electron chi connectivity index (χ4n) is 1.73. The molecule has 4 nitrogen and oxygen atoms in total. The summed E-state index contributed by atoms with van der Waals surface area (Å²) in [4.78, 5) is 16.4. The highest BCUT2D eigenvalue weighted by atomic mass is 16.5. The summed E-state index contributed by atoms with van der Waals surface area (Å²) in [5, 5.41) is 2.77. The van der Waals surface area contributed by atoms with Gasteiger partial charge in [-0.1, -0.05) is 18.2 Å². The molecule has 0 aliphatic rings. The van der Waals surface area contributed by atoms with Crippen molar-refractivity contribution in [3.8, 4) is 5.75 Å². The van der Waals surface area contributed by atoms with Gasteiger partial charge in [-0.25, -0.2) is 4.98 Å². The van der Waals surface area contributed by atoms with Gasteiger partial charge in [0.2, 0.25) is 0 Å². The highest BCUT2D eigenvalue weighted by Crippen LogP contribution is 2.19. The molecular formula is C15H16N2O2.